The van der Waals surface area contributed by atoms with Crippen LogP contribution in [-0.2, 0) is 11.2 Å². The Labute approximate surface area is 145 Å². The smallest absolute Gasteiger partial charge is 0.254 e. The predicted molar refractivity (Wildman–Crippen MR) is 87.3 cm³/mol. The molecule has 0 saturated carbocycles. The van der Waals surface area contributed by atoms with Crippen LogP contribution in [0.2, 0.25) is 0 Å². The van der Waals surface area contributed by atoms with Gasteiger partial charge in [-0.25, -0.2) is 0 Å². The molecule has 0 radical (unpaired) electrons. The molecule has 1 atom stereocenters. The second kappa shape index (κ2) is 6.40. The van der Waals surface area contributed by atoms with Gasteiger partial charge in [0.05, 0.1) is 13.2 Å². The molecule has 0 N–H and O–H groups in total. The molecule has 0 bridgehead atoms. The van der Waals surface area contributed by atoms with Gasteiger partial charge in [0.1, 0.15) is 0 Å². The Morgan fingerprint density at radius 2 is 2.16 bits per heavy atom. The highest BCUT2D eigenvalue weighted by atomic mass is 16.5. The van der Waals surface area contributed by atoms with E-state index in [1.165, 1.54) is 0 Å². The van der Waals surface area contributed by atoms with E-state index in [4.69, 9.17) is 9.15 Å². The number of rotatable bonds is 2. The largest absolute Gasteiger partial charge is 0.423 e. The number of nitrogens with zero attached hydrogens (tertiary/aromatic N) is 3. The van der Waals surface area contributed by atoms with E-state index in [0.717, 1.165) is 24.0 Å². The molecule has 4 rings (SSSR count). The Hall–Kier alpha value is -2.54. The van der Waals surface area contributed by atoms with E-state index in [-0.39, 0.29) is 11.7 Å². The summed E-state index contributed by atoms with van der Waals surface area (Å²) in [5, 5.41) is 7.80. The standard InChI is InChI=1S/C18H19N3O4/c1-11-19-20-17(25-11)16-10-21(7-8-24-16)18(23)13-5-6-14-12(9-13)3-2-4-15(14)22/h5-6,9,16H,2-4,7-8,10H2,1H3. The van der Waals surface area contributed by atoms with Crippen molar-refractivity contribution < 1.29 is 18.7 Å². The van der Waals surface area contributed by atoms with E-state index in [2.05, 4.69) is 10.2 Å². The molecule has 2 heterocycles. The number of hydrogen-bond donors (Lipinski definition) is 0. The molecular formula is C18H19N3O4. The van der Waals surface area contributed by atoms with Crippen LogP contribution in [0.15, 0.2) is 22.6 Å². The van der Waals surface area contributed by atoms with E-state index >= 15 is 0 Å². The SMILES string of the molecule is Cc1nnc(C2CN(C(=O)c3ccc4c(c3)CCCC4=O)CCO2)o1. The summed E-state index contributed by atoms with van der Waals surface area (Å²) >= 11 is 0. The number of ether oxygens (including phenoxy) is 1. The van der Waals surface area contributed by atoms with E-state index in [1.807, 2.05) is 6.07 Å². The maximum absolute atomic E-state index is 12.9. The van der Waals surface area contributed by atoms with Crippen molar-refractivity contribution in [3.05, 3.63) is 46.7 Å². The van der Waals surface area contributed by atoms with Crippen LogP contribution in [-0.4, -0.2) is 46.5 Å². The van der Waals surface area contributed by atoms with E-state index in [9.17, 15) is 9.59 Å². The minimum atomic E-state index is -0.405. The summed E-state index contributed by atoms with van der Waals surface area (Å²) in [6.45, 7) is 3.02. The average molecular weight is 341 g/mol. The molecular weight excluding hydrogens is 322 g/mol. The zero-order chi connectivity index (χ0) is 17.4. The fourth-order valence-electron chi connectivity index (χ4n) is 3.39. The Kier molecular flexibility index (Phi) is 4.09. The number of ketones is 1. The monoisotopic (exact) mass is 341 g/mol. The van der Waals surface area contributed by atoms with Crippen molar-refractivity contribution in [1.82, 2.24) is 15.1 Å². The summed E-state index contributed by atoms with van der Waals surface area (Å²) < 4.78 is 11.1. The maximum Gasteiger partial charge on any atom is 0.254 e. The first-order valence-corrected chi connectivity index (χ1v) is 8.49. The quantitative estimate of drug-likeness (QED) is 0.832. The number of benzene rings is 1. The Morgan fingerprint density at radius 1 is 1.28 bits per heavy atom. The average Bonchev–Trinajstić information content (AvgIpc) is 3.08. The first-order valence-electron chi connectivity index (χ1n) is 8.49. The zero-order valence-electron chi connectivity index (χ0n) is 14.0. The zero-order valence-corrected chi connectivity index (χ0v) is 14.0. The van der Waals surface area contributed by atoms with Gasteiger partial charge in [-0.05, 0) is 30.5 Å². The molecule has 7 heteroatoms. The van der Waals surface area contributed by atoms with Crippen LogP contribution in [0, 0.1) is 6.92 Å². The number of morpholine rings is 1. The van der Waals surface area contributed by atoms with E-state index in [1.54, 1.807) is 24.0 Å². The number of fused-ring (bicyclic) bond motifs is 1. The lowest BCUT2D eigenvalue weighted by Crippen LogP contribution is -2.42. The summed E-state index contributed by atoms with van der Waals surface area (Å²) in [6.07, 6.45) is 1.88. The third-order valence-electron chi connectivity index (χ3n) is 4.67. The molecule has 1 aromatic carbocycles. The van der Waals surface area contributed by atoms with Gasteiger partial charge in [0, 0.05) is 31.0 Å². The fourth-order valence-corrected chi connectivity index (χ4v) is 3.39. The Bertz CT molecular complexity index is 829. The molecule has 0 spiro atoms. The highest BCUT2D eigenvalue weighted by Crippen LogP contribution is 2.25. The molecule has 1 fully saturated rings. The van der Waals surface area contributed by atoms with Gasteiger partial charge in [-0.15, -0.1) is 10.2 Å². The van der Waals surface area contributed by atoms with Gasteiger partial charge < -0.3 is 14.1 Å². The molecule has 1 saturated heterocycles. The highest BCUT2D eigenvalue weighted by molar-refractivity contribution is 6.01. The first-order chi connectivity index (χ1) is 12.1. The minimum absolute atomic E-state index is 0.0645. The first kappa shape index (κ1) is 16.0. The number of carbonyl (C=O) groups is 2. The predicted octanol–water partition coefficient (Wildman–Crippen LogP) is 2.11. The highest BCUT2D eigenvalue weighted by Gasteiger charge is 2.30. The van der Waals surface area contributed by atoms with E-state index < -0.39 is 6.10 Å². The molecule has 1 unspecified atom stereocenters. The molecule has 1 aromatic heterocycles. The molecule has 1 aliphatic carbocycles. The lowest BCUT2D eigenvalue weighted by atomic mass is 9.89. The van der Waals surface area contributed by atoms with Crippen molar-refractivity contribution in [3.8, 4) is 0 Å². The number of aromatic nitrogens is 2. The fraction of sp³-hybridized carbons (Fsp3) is 0.444. The van der Waals surface area contributed by atoms with Crippen molar-refractivity contribution in [1.29, 1.82) is 0 Å². The molecule has 2 aromatic rings. The van der Waals surface area contributed by atoms with Gasteiger partial charge in [-0.3, -0.25) is 9.59 Å². The topological polar surface area (TPSA) is 85.5 Å². The van der Waals surface area contributed by atoms with Gasteiger partial charge in [-0.1, -0.05) is 6.07 Å². The third-order valence-corrected chi connectivity index (χ3v) is 4.67. The van der Waals surface area contributed by atoms with Crippen LogP contribution in [0.5, 0.6) is 0 Å². The molecule has 2 aliphatic rings. The van der Waals surface area contributed by atoms with Crippen molar-refractivity contribution in [2.75, 3.05) is 19.7 Å². The lowest BCUT2D eigenvalue weighted by molar-refractivity contribution is -0.0349. The van der Waals surface area contributed by atoms with Crippen LogP contribution >= 0.6 is 0 Å². The summed E-state index contributed by atoms with van der Waals surface area (Å²) in [7, 11) is 0. The van der Waals surface area contributed by atoms with Gasteiger partial charge in [0.15, 0.2) is 11.9 Å². The molecule has 1 amide bonds. The molecule has 25 heavy (non-hydrogen) atoms. The summed E-state index contributed by atoms with van der Waals surface area (Å²) in [5.74, 6) is 0.969. The Balaban J connectivity index is 1.53. The third kappa shape index (κ3) is 3.07. The van der Waals surface area contributed by atoms with Crippen LogP contribution in [0.4, 0.5) is 0 Å². The van der Waals surface area contributed by atoms with Crippen LogP contribution in [0.1, 0.15) is 57.0 Å². The van der Waals surface area contributed by atoms with Gasteiger partial charge in [0.25, 0.3) is 5.91 Å². The van der Waals surface area contributed by atoms with Crippen LogP contribution in [0.3, 0.4) is 0 Å². The summed E-state index contributed by atoms with van der Waals surface area (Å²) in [5.41, 5.74) is 2.33. The maximum atomic E-state index is 12.9. The molecule has 1 aliphatic heterocycles. The normalized spacial score (nSPS) is 20.4. The number of aryl methyl sites for hydroxylation is 2. The number of carbonyl (C=O) groups excluding carboxylic acids is 2. The van der Waals surface area contributed by atoms with Crippen molar-refractivity contribution in [3.63, 3.8) is 0 Å². The van der Waals surface area contributed by atoms with Gasteiger partial charge in [0.2, 0.25) is 11.8 Å². The van der Waals surface area contributed by atoms with Gasteiger partial charge in [-0.2, -0.15) is 0 Å². The van der Waals surface area contributed by atoms with Crippen LogP contribution < -0.4 is 0 Å². The van der Waals surface area contributed by atoms with Crippen molar-refractivity contribution in [2.45, 2.75) is 32.3 Å². The van der Waals surface area contributed by atoms with Crippen molar-refractivity contribution >= 4 is 11.7 Å². The number of Topliss-reactive ketones (excluding diaryl/α,β-unsaturated/α-hetero) is 1. The van der Waals surface area contributed by atoms with E-state index in [0.29, 0.717) is 43.5 Å². The molecule has 7 nitrogen and oxygen atoms in total. The van der Waals surface area contributed by atoms with Gasteiger partial charge >= 0.3 is 0 Å². The number of amides is 1. The second-order valence-corrected chi connectivity index (χ2v) is 6.42. The molecule has 130 valence electrons. The summed E-state index contributed by atoms with van der Waals surface area (Å²) in [4.78, 5) is 26.5. The summed E-state index contributed by atoms with van der Waals surface area (Å²) in [6, 6.07) is 5.38. The Morgan fingerprint density at radius 3 is 2.96 bits per heavy atom. The second-order valence-electron chi connectivity index (χ2n) is 6.42. The minimum Gasteiger partial charge on any atom is -0.423 e. The van der Waals surface area contributed by atoms with Crippen molar-refractivity contribution in [2.24, 2.45) is 0 Å². The lowest BCUT2D eigenvalue weighted by Gasteiger charge is -2.31. The number of hydrogen-bond acceptors (Lipinski definition) is 6. The van der Waals surface area contributed by atoms with Crippen LogP contribution in [0.25, 0.3) is 0 Å².